The number of amides is 1. The van der Waals surface area contributed by atoms with Crippen LogP contribution in [0.1, 0.15) is 10.4 Å². The molecular weight excluding hydrogens is 260 g/mol. The minimum Gasteiger partial charge on any atom is -0.386 e. The number of hydrogen-bond donors (Lipinski definition) is 2. The second-order valence-corrected chi connectivity index (χ2v) is 3.93. The number of benzene rings is 1. The number of nitro groups is 1. The molecule has 0 unspecified atom stereocenters. The van der Waals surface area contributed by atoms with Gasteiger partial charge in [0.1, 0.15) is 0 Å². The van der Waals surface area contributed by atoms with E-state index >= 15 is 0 Å². The van der Waals surface area contributed by atoms with E-state index in [2.05, 4.69) is 15.6 Å². The zero-order valence-corrected chi connectivity index (χ0v) is 10.7. The summed E-state index contributed by atoms with van der Waals surface area (Å²) >= 11 is 0. The van der Waals surface area contributed by atoms with E-state index in [0.29, 0.717) is 16.9 Å². The van der Waals surface area contributed by atoms with E-state index < -0.39 is 4.92 Å². The summed E-state index contributed by atoms with van der Waals surface area (Å²) < 4.78 is 0. The average molecular weight is 272 g/mol. The van der Waals surface area contributed by atoms with Gasteiger partial charge in [-0.05, 0) is 12.1 Å². The van der Waals surface area contributed by atoms with Crippen LogP contribution in [-0.4, -0.2) is 22.9 Å². The maximum atomic E-state index is 12.1. The van der Waals surface area contributed by atoms with Crippen LogP contribution in [0, 0.1) is 10.1 Å². The first-order chi connectivity index (χ1) is 9.61. The first-order valence-electron chi connectivity index (χ1n) is 5.79. The van der Waals surface area contributed by atoms with Gasteiger partial charge in [-0.2, -0.15) is 0 Å². The Labute approximate surface area is 114 Å². The molecule has 0 saturated heterocycles. The molecule has 0 aliphatic rings. The number of rotatable bonds is 4. The van der Waals surface area contributed by atoms with E-state index in [-0.39, 0.29) is 11.6 Å². The van der Waals surface area contributed by atoms with Crippen LogP contribution in [0.25, 0.3) is 0 Å². The maximum Gasteiger partial charge on any atom is 0.271 e. The van der Waals surface area contributed by atoms with Crippen molar-refractivity contribution in [3.63, 3.8) is 0 Å². The molecule has 0 aliphatic heterocycles. The van der Waals surface area contributed by atoms with E-state index in [9.17, 15) is 14.9 Å². The minimum atomic E-state index is -0.513. The Bertz CT molecular complexity index is 658. The number of carbonyl (C=O) groups excluding carboxylic acids is 1. The molecule has 102 valence electrons. The Balaban J connectivity index is 2.23. The van der Waals surface area contributed by atoms with Crippen LogP contribution in [0.15, 0.2) is 42.7 Å². The summed E-state index contributed by atoms with van der Waals surface area (Å²) in [5, 5.41) is 16.2. The summed E-state index contributed by atoms with van der Waals surface area (Å²) in [6.45, 7) is 0. The van der Waals surface area contributed by atoms with Gasteiger partial charge in [0, 0.05) is 31.1 Å². The molecule has 0 aliphatic carbocycles. The molecule has 7 heteroatoms. The van der Waals surface area contributed by atoms with E-state index in [4.69, 9.17) is 0 Å². The van der Waals surface area contributed by atoms with Crippen molar-refractivity contribution in [3.8, 4) is 0 Å². The van der Waals surface area contributed by atoms with Crippen molar-refractivity contribution < 1.29 is 9.72 Å². The maximum absolute atomic E-state index is 12.1. The molecule has 2 N–H and O–H groups in total. The molecule has 0 atom stereocenters. The highest BCUT2D eigenvalue weighted by Gasteiger charge is 2.12. The summed E-state index contributed by atoms with van der Waals surface area (Å²) in [6, 6.07) is 7.34. The second kappa shape index (κ2) is 5.79. The molecule has 1 heterocycles. The van der Waals surface area contributed by atoms with Crippen LogP contribution in [0.5, 0.6) is 0 Å². The lowest BCUT2D eigenvalue weighted by atomic mass is 10.2. The lowest BCUT2D eigenvalue weighted by Gasteiger charge is -2.09. The highest BCUT2D eigenvalue weighted by Crippen LogP contribution is 2.19. The average Bonchev–Trinajstić information content (AvgIpc) is 2.47. The highest BCUT2D eigenvalue weighted by molar-refractivity contribution is 6.07. The molecule has 2 aromatic rings. The number of anilines is 2. The van der Waals surface area contributed by atoms with Gasteiger partial charge in [0.15, 0.2) is 0 Å². The van der Waals surface area contributed by atoms with Gasteiger partial charge in [0.2, 0.25) is 0 Å². The molecule has 7 nitrogen and oxygen atoms in total. The molecule has 0 fully saturated rings. The van der Waals surface area contributed by atoms with Crippen LogP contribution >= 0.6 is 0 Å². The Morgan fingerprint density at radius 3 is 2.85 bits per heavy atom. The van der Waals surface area contributed by atoms with Crippen molar-refractivity contribution >= 4 is 23.0 Å². The Morgan fingerprint density at radius 2 is 2.15 bits per heavy atom. The number of aromatic nitrogens is 1. The standard InChI is InChI=1S/C13H12N4O3/c1-14-12-8-15-6-5-11(12)13(18)16-9-3-2-4-10(7-9)17(19)20/h2-8,14H,1H3,(H,16,18). The van der Waals surface area contributed by atoms with Crippen LogP contribution in [-0.2, 0) is 0 Å². The van der Waals surface area contributed by atoms with Gasteiger partial charge in [-0.3, -0.25) is 19.9 Å². The molecule has 0 saturated carbocycles. The van der Waals surface area contributed by atoms with Gasteiger partial charge in [-0.15, -0.1) is 0 Å². The van der Waals surface area contributed by atoms with Crippen LogP contribution in [0.3, 0.4) is 0 Å². The lowest BCUT2D eigenvalue weighted by molar-refractivity contribution is -0.384. The highest BCUT2D eigenvalue weighted by atomic mass is 16.6. The molecule has 1 aromatic carbocycles. The summed E-state index contributed by atoms with van der Waals surface area (Å²) in [5.74, 6) is -0.364. The third-order valence-corrected chi connectivity index (χ3v) is 2.65. The quantitative estimate of drug-likeness (QED) is 0.657. The first-order valence-corrected chi connectivity index (χ1v) is 5.79. The van der Waals surface area contributed by atoms with Gasteiger partial charge < -0.3 is 10.6 Å². The summed E-state index contributed by atoms with van der Waals surface area (Å²) in [5.41, 5.74) is 1.28. The lowest BCUT2D eigenvalue weighted by Crippen LogP contribution is -2.14. The van der Waals surface area contributed by atoms with Crippen LogP contribution < -0.4 is 10.6 Å². The fourth-order valence-corrected chi connectivity index (χ4v) is 1.69. The summed E-state index contributed by atoms with van der Waals surface area (Å²) in [4.78, 5) is 26.2. The topological polar surface area (TPSA) is 97.2 Å². The predicted octanol–water partition coefficient (Wildman–Crippen LogP) is 2.28. The smallest absolute Gasteiger partial charge is 0.271 e. The predicted molar refractivity (Wildman–Crippen MR) is 74.8 cm³/mol. The second-order valence-electron chi connectivity index (χ2n) is 3.93. The zero-order chi connectivity index (χ0) is 14.5. The Hall–Kier alpha value is -2.96. The zero-order valence-electron chi connectivity index (χ0n) is 10.7. The minimum absolute atomic E-state index is 0.0774. The van der Waals surface area contributed by atoms with Crippen molar-refractivity contribution in [1.29, 1.82) is 0 Å². The van der Waals surface area contributed by atoms with Crippen molar-refractivity contribution in [3.05, 3.63) is 58.4 Å². The number of pyridine rings is 1. The third-order valence-electron chi connectivity index (χ3n) is 2.65. The number of nitrogens with zero attached hydrogens (tertiary/aromatic N) is 2. The molecular formula is C13H12N4O3. The SMILES string of the molecule is CNc1cnccc1C(=O)Nc1cccc([N+](=O)[O-])c1. The fourth-order valence-electron chi connectivity index (χ4n) is 1.69. The van der Waals surface area contributed by atoms with Gasteiger partial charge in [-0.1, -0.05) is 6.07 Å². The molecule has 0 radical (unpaired) electrons. The van der Waals surface area contributed by atoms with Crippen molar-refractivity contribution in [1.82, 2.24) is 4.98 Å². The van der Waals surface area contributed by atoms with Crippen molar-refractivity contribution in [2.75, 3.05) is 17.7 Å². The molecule has 1 aromatic heterocycles. The largest absolute Gasteiger partial charge is 0.386 e. The van der Waals surface area contributed by atoms with E-state index in [0.717, 1.165) is 0 Å². The van der Waals surface area contributed by atoms with Crippen molar-refractivity contribution in [2.24, 2.45) is 0 Å². The van der Waals surface area contributed by atoms with Crippen molar-refractivity contribution in [2.45, 2.75) is 0 Å². The monoisotopic (exact) mass is 272 g/mol. The first kappa shape index (κ1) is 13.5. The van der Waals surface area contributed by atoms with Crippen LogP contribution in [0.4, 0.5) is 17.1 Å². The Morgan fingerprint density at radius 1 is 1.35 bits per heavy atom. The number of nitro benzene ring substituents is 1. The number of non-ortho nitro benzene ring substituents is 1. The summed E-state index contributed by atoms with van der Waals surface area (Å²) in [6.07, 6.45) is 3.03. The van der Waals surface area contributed by atoms with E-state index in [1.807, 2.05) is 0 Å². The molecule has 0 spiro atoms. The normalized spacial score (nSPS) is 9.85. The number of hydrogen-bond acceptors (Lipinski definition) is 5. The number of carbonyl (C=O) groups is 1. The molecule has 0 bridgehead atoms. The summed E-state index contributed by atoms with van der Waals surface area (Å²) in [7, 11) is 1.68. The Kier molecular flexibility index (Phi) is 3.90. The number of nitrogens with one attached hydrogen (secondary N) is 2. The van der Waals surface area contributed by atoms with Gasteiger partial charge in [0.25, 0.3) is 11.6 Å². The molecule has 2 rings (SSSR count). The fraction of sp³-hybridized carbons (Fsp3) is 0.0769. The van der Waals surface area contributed by atoms with E-state index in [1.54, 1.807) is 19.2 Å². The van der Waals surface area contributed by atoms with Gasteiger partial charge >= 0.3 is 0 Å². The molecule has 20 heavy (non-hydrogen) atoms. The van der Waals surface area contributed by atoms with Crippen LogP contribution in [0.2, 0.25) is 0 Å². The third kappa shape index (κ3) is 2.89. The molecule has 1 amide bonds. The van der Waals surface area contributed by atoms with E-state index in [1.165, 1.54) is 30.6 Å². The van der Waals surface area contributed by atoms with Gasteiger partial charge in [-0.25, -0.2) is 0 Å². The van der Waals surface area contributed by atoms with Gasteiger partial charge in [0.05, 0.1) is 22.4 Å².